The average molecular weight is 247 g/mol. The molecule has 3 nitrogen and oxygen atoms in total. The molecular formula is C15H21NO2. The molecule has 0 saturated carbocycles. The maximum atomic E-state index is 5.90. The molecule has 2 atom stereocenters. The third-order valence-corrected chi connectivity index (χ3v) is 3.77. The molecule has 1 N–H and O–H groups in total. The van der Waals surface area contributed by atoms with Gasteiger partial charge in [0.2, 0.25) is 0 Å². The summed E-state index contributed by atoms with van der Waals surface area (Å²) in [6, 6.07) is 8.33. The van der Waals surface area contributed by atoms with Gasteiger partial charge in [0, 0.05) is 26.1 Å². The lowest BCUT2D eigenvalue weighted by Gasteiger charge is -2.23. The predicted octanol–water partition coefficient (Wildman–Crippen LogP) is 2.01. The van der Waals surface area contributed by atoms with E-state index in [2.05, 4.69) is 23.5 Å². The molecule has 2 heterocycles. The van der Waals surface area contributed by atoms with Crippen molar-refractivity contribution in [3.05, 3.63) is 29.8 Å². The minimum atomic E-state index is 0.298. The number of hydrogen-bond donors (Lipinski definition) is 1. The molecular weight excluding hydrogens is 226 g/mol. The van der Waals surface area contributed by atoms with Gasteiger partial charge in [-0.15, -0.1) is 0 Å². The van der Waals surface area contributed by atoms with Gasteiger partial charge in [0.25, 0.3) is 0 Å². The van der Waals surface area contributed by atoms with Crippen molar-refractivity contribution in [1.82, 2.24) is 5.32 Å². The lowest BCUT2D eigenvalue weighted by molar-refractivity contribution is 0.0539. The summed E-state index contributed by atoms with van der Waals surface area (Å²) in [5.74, 6) is 1.74. The van der Waals surface area contributed by atoms with E-state index in [4.69, 9.17) is 9.47 Å². The van der Waals surface area contributed by atoms with E-state index in [1.54, 1.807) is 0 Å². The molecule has 1 fully saturated rings. The first-order valence-electron chi connectivity index (χ1n) is 6.95. The standard InChI is InChI=1S/C15H21NO2/c1-2-6-15-13(5-1)8-14(18-15)10-16-9-12-4-3-7-17-11-12/h1-2,5-6,12,14,16H,3-4,7-11H2. The third-order valence-electron chi connectivity index (χ3n) is 3.77. The van der Waals surface area contributed by atoms with Crippen LogP contribution >= 0.6 is 0 Å². The summed E-state index contributed by atoms with van der Waals surface area (Å²) in [7, 11) is 0. The van der Waals surface area contributed by atoms with Gasteiger partial charge in [0.05, 0.1) is 6.61 Å². The molecule has 2 aliphatic rings. The molecule has 0 bridgehead atoms. The molecule has 0 radical (unpaired) electrons. The van der Waals surface area contributed by atoms with Crippen molar-refractivity contribution in [3.8, 4) is 5.75 Å². The molecule has 0 spiro atoms. The van der Waals surface area contributed by atoms with Gasteiger partial charge in [-0.3, -0.25) is 0 Å². The Morgan fingerprint density at radius 3 is 3.00 bits per heavy atom. The maximum Gasteiger partial charge on any atom is 0.123 e. The molecule has 3 rings (SSSR count). The molecule has 2 aliphatic heterocycles. The molecule has 98 valence electrons. The summed E-state index contributed by atoms with van der Waals surface area (Å²) >= 11 is 0. The Morgan fingerprint density at radius 1 is 1.22 bits per heavy atom. The van der Waals surface area contributed by atoms with Crippen LogP contribution in [-0.2, 0) is 11.2 Å². The number of benzene rings is 1. The molecule has 0 aromatic heterocycles. The number of rotatable bonds is 4. The Labute approximate surface area is 108 Å². The highest BCUT2D eigenvalue weighted by Gasteiger charge is 2.22. The van der Waals surface area contributed by atoms with Crippen molar-refractivity contribution in [2.45, 2.75) is 25.4 Å². The zero-order chi connectivity index (χ0) is 12.2. The minimum absolute atomic E-state index is 0.298. The van der Waals surface area contributed by atoms with Crippen LogP contribution in [0, 0.1) is 5.92 Å². The summed E-state index contributed by atoms with van der Waals surface area (Å²) in [6.07, 6.45) is 3.83. The van der Waals surface area contributed by atoms with Crippen LogP contribution in [0.5, 0.6) is 5.75 Å². The van der Waals surface area contributed by atoms with Crippen LogP contribution in [0.4, 0.5) is 0 Å². The van der Waals surface area contributed by atoms with Crippen molar-refractivity contribution < 1.29 is 9.47 Å². The van der Waals surface area contributed by atoms with Gasteiger partial charge >= 0.3 is 0 Å². The quantitative estimate of drug-likeness (QED) is 0.883. The zero-order valence-corrected chi connectivity index (χ0v) is 10.7. The van der Waals surface area contributed by atoms with E-state index in [1.165, 1.54) is 18.4 Å². The topological polar surface area (TPSA) is 30.5 Å². The SMILES string of the molecule is c1ccc2c(c1)CC(CNCC1CCCOC1)O2. The molecule has 0 amide bonds. The van der Waals surface area contributed by atoms with E-state index in [0.29, 0.717) is 12.0 Å². The fourth-order valence-electron chi connectivity index (χ4n) is 2.78. The molecule has 18 heavy (non-hydrogen) atoms. The van der Waals surface area contributed by atoms with E-state index < -0.39 is 0 Å². The van der Waals surface area contributed by atoms with Crippen molar-refractivity contribution in [2.24, 2.45) is 5.92 Å². The third kappa shape index (κ3) is 2.85. The Bertz CT molecular complexity index is 363. The number of para-hydroxylation sites is 1. The van der Waals surface area contributed by atoms with Crippen LogP contribution in [-0.4, -0.2) is 32.4 Å². The molecule has 2 unspecified atom stereocenters. The number of hydrogen-bond acceptors (Lipinski definition) is 3. The van der Waals surface area contributed by atoms with E-state index in [9.17, 15) is 0 Å². The summed E-state index contributed by atoms with van der Waals surface area (Å²) in [5, 5.41) is 3.53. The number of fused-ring (bicyclic) bond motifs is 1. The predicted molar refractivity (Wildman–Crippen MR) is 71.0 cm³/mol. The van der Waals surface area contributed by atoms with Crippen LogP contribution in [0.1, 0.15) is 18.4 Å². The molecule has 0 aliphatic carbocycles. The van der Waals surface area contributed by atoms with Crippen LogP contribution in [0.2, 0.25) is 0 Å². The zero-order valence-electron chi connectivity index (χ0n) is 10.7. The van der Waals surface area contributed by atoms with Crippen LogP contribution in [0.3, 0.4) is 0 Å². The molecule has 1 aromatic carbocycles. The maximum absolute atomic E-state index is 5.90. The van der Waals surface area contributed by atoms with Crippen LogP contribution in [0.15, 0.2) is 24.3 Å². The second-order valence-corrected chi connectivity index (χ2v) is 5.29. The highest BCUT2D eigenvalue weighted by molar-refractivity contribution is 5.37. The lowest BCUT2D eigenvalue weighted by atomic mass is 10.0. The van der Waals surface area contributed by atoms with Gasteiger partial charge in [-0.05, 0) is 30.4 Å². The van der Waals surface area contributed by atoms with Crippen LogP contribution < -0.4 is 10.1 Å². The smallest absolute Gasteiger partial charge is 0.123 e. The summed E-state index contributed by atoms with van der Waals surface area (Å²) in [4.78, 5) is 0. The van der Waals surface area contributed by atoms with Crippen molar-refractivity contribution in [1.29, 1.82) is 0 Å². The van der Waals surface area contributed by atoms with E-state index in [1.807, 2.05) is 6.07 Å². The summed E-state index contributed by atoms with van der Waals surface area (Å²) < 4.78 is 11.4. The molecule has 1 aromatic rings. The largest absolute Gasteiger partial charge is 0.488 e. The normalized spacial score (nSPS) is 26.7. The highest BCUT2D eigenvalue weighted by atomic mass is 16.5. The van der Waals surface area contributed by atoms with Gasteiger partial charge in [0.1, 0.15) is 11.9 Å². The van der Waals surface area contributed by atoms with E-state index in [-0.39, 0.29) is 0 Å². The van der Waals surface area contributed by atoms with Crippen molar-refractivity contribution >= 4 is 0 Å². The Balaban J connectivity index is 1.40. The Morgan fingerprint density at radius 2 is 2.17 bits per heavy atom. The first-order valence-corrected chi connectivity index (χ1v) is 6.95. The second kappa shape index (κ2) is 5.72. The number of ether oxygens (including phenoxy) is 2. The van der Waals surface area contributed by atoms with Crippen molar-refractivity contribution in [3.63, 3.8) is 0 Å². The van der Waals surface area contributed by atoms with Gasteiger partial charge < -0.3 is 14.8 Å². The van der Waals surface area contributed by atoms with E-state index >= 15 is 0 Å². The minimum Gasteiger partial charge on any atom is -0.488 e. The van der Waals surface area contributed by atoms with Crippen molar-refractivity contribution in [2.75, 3.05) is 26.3 Å². The highest BCUT2D eigenvalue weighted by Crippen LogP contribution is 2.27. The lowest BCUT2D eigenvalue weighted by Crippen LogP contribution is -2.35. The molecule has 1 saturated heterocycles. The number of nitrogens with one attached hydrogen (secondary N) is 1. The fourth-order valence-corrected chi connectivity index (χ4v) is 2.78. The average Bonchev–Trinajstić information content (AvgIpc) is 2.82. The fraction of sp³-hybridized carbons (Fsp3) is 0.600. The van der Waals surface area contributed by atoms with Gasteiger partial charge in [-0.1, -0.05) is 18.2 Å². The van der Waals surface area contributed by atoms with E-state index in [0.717, 1.165) is 38.5 Å². The Hall–Kier alpha value is -1.06. The van der Waals surface area contributed by atoms with Gasteiger partial charge in [0.15, 0.2) is 0 Å². The second-order valence-electron chi connectivity index (χ2n) is 5.29. The molecule has 3 heteroatoms. The first kappa shape index (κ1) is 12.0. The van der Waals surface area contributed by atoms with Crippen LogP contribution in [0.25, 0.3) is 0 Å². The van der Waals surface area contributed by atoms with Gasteiger partial charge in [-0.2, -0.15) is 0 Å². The monoisotopic (exact) mass is 247 g/mol. The Kier molecular flexibility index (Phi) is 3.81. The van der Waals surface area contributed by atoms with Gasteiger partial charge in [-0.25, -0.2) is 0 Å². The summed E-state index contributed by atoms with van der Waals surface area (Å²) in [6.45, 7) is 3.84. The first-order chi connectivity index (χ1) is 8.92. The summed E-state index contributed by atoms with van der Waals surface area (Å²) in [5.41, 5.74) is 1.34.